The molecular weight excluding hydrogens is 204 g/mol. The van der Waals surface area contributed by atoms with E-state index in [-0.39, 0.29) is 6.54 Å². The van der Waals surface area contributed by atoms with Crippen LogP contribution in [-0.4, -0.2) is 31.0 Å². The zero-order valence-corrected chi connectivity index (χ0v) is 8.37. The number of hydrogen-bond donors (Lipinski definition) is 2. The third-order valence-electron chi connectivity index (χ3n) is 0.917. The fourth-order valence-electron chi connectivity index (χ4n) is 0.332. The molecule has 0 spiro atoms. The van der Waals surface area contributed by atoms with Crippen LogP contribution in [0.5, 0.6) is 0 Å². The van der Waals surface area contributed by atoms with Gasteiger partial charge in [-0.1, -0.05) is 18.0 Å². The number of nitrogens with one attached hydrogen (secondary N) is 2. The summed E-state index contributed by atoms with van der Waals surface area (Å²) < 4.78 is 42.1. The van der Waals surface area contributed by atoms with Gasteiger partial charge in [0.1, 0.15) is 0 Å². The monoisotopic (exact) mass is 215 g/mol. The molecule has 0 heterocycles. The smallest absolute Gasteiger partial charge is 0.173 e. The lowest BCUT2D eigenvalue weighted by molar-refractivity contribution is 0.218. The third kappa shape index (κ3) is 6.68. The van der Waals surface area contributed by atoms with Crippen LogP contribution >= 0.6 is 0 Å². The van der Waals surface area contributed by atoms with Crippen LogP contribution in [0.15, 0.2) is 0 Å². The van der Waals surface area contributed by atoms with Crippen LogP contribution < -0.4 is 5.48 Å². The molecule has 0 aliphatic carbocycles. The zero-order valence-electron chi connectivity index (χ0n) is 6.73. The van der Waals surface area contributed by atoms with Crippen molar-refractivity contribution in [2.24, 2.45) is 0 Å². The van der Waals surface area contributed by atoms with E-state index in [4.69, 9.17) is 4.78 Å². The van der Waals surface area contributed by atoms with Gasteiger partial charge < -0.3 is 4.55 Å². The molecule has 0 aliphatic rings. The number of hydrogen-bond acceptors (Lipinski definition) is 6. The maximum absolute atomic E-state index is 10.6. The number of hydroxylamine groups is 1. The second kappa shape index (κ2) is 4.87. The molecule has 12 heavy (non-hydrogen) atoms. The van der Waals surface area contributed by atoms with Gasteiger partial charge in [0.2, 0.25) is 0 Å². The lowest BCUT2D eigenvalue weighted by Gasteiger charge is -2.14. The fourth-order valence-corrected chi connectivity index (χ4v) is 0.829. The van der Waals surface area contributed by atoms with Gasteiger partial charge in [-0.15, -0.1) is 0 Å². The molecule has 0 rings (SSSR count). The molecule has 0 saturated heterocycles. The quantitative estimate of drug-likeness (QED) is 0.469. The molecule has 0 aromatic heterocycles. The molecular formula is C4H11N2O4S2-. The molecule has 3 unspecified atom stereocenters. The van der Waals surface area contributed by atoms with Crippen molar-refractivity contribution in [1.82, 2.24) is 5.48 Å². The first-order valence-electron chi connectivity index (χ1n) is 3.06. The summed E-state index contributed by atoms with van der Waals surface area (Å²) in [5.41, 5.74) is 2.15. The lowest BCUT2D eigenvalue weighted by Crippen LogP contribution is -2.29. The molecule has 0 aliphatic heterocycles. The SMILES string of the molecule is CC(CNOS(C)(=N)=O)S(=O)[O-]. The Labute approximate surface area is 74.1 Å². The Morgan fingerprint density at radius 1 is 1.83 bits per heavy atom. The first kappa shape index (κ1) is 12.0. The van der Waals surface area contributed by atoms with Gasteiger partial charge >= 0.3 is 0 Å². The van der Waals surface area contributed by atoms with Gasteiger partial charge in [-0.2, -0.15) is 9.76 Å². The van der Waals surface area contributed by atoms with E-state index in [0.717, 1.165) is 6.26 Å². The van der Waals surface area contributed by atoms with E-state index in [2.05, 4.69) is 9.76 Å². The highest BCUT2D eigenvalue weighted by Gasteiger charge is 2.02. The van der Waals surface area contributed by atoms with Gasteiger partial charge in [0.25, 0.3) is 0 Å². The minimum atomic E-state index is -3.06. The Balaban J connectivity index is 3.65. The normalized spacial score (nSPS) is 21.2. The first-order chi connectivity index (χ1) is 5.33. The van der Waals surface area contributed by atoms with Crippen molar-refractivity contribution in [2.45, 2.75) is 12.2 Å². The molecule has 0 aromatic carbocycles. The molecule has 3 atom stereocenters. The van der Waals surface area contributed by atoms with Crippen LogP contribution in [0, 0.1) is 4.78 Å². The van der Waals surface area contributed by atoms with E-state index < -0.39 is 26.3 Å². The first-order valence-corrected chi connectivity index (χ1v) is 6.09. The summed E-state index contributed by atoms with van der Waals surface area (Å²) in [6.07, 6.45) is 1.08. The van der Waals surface area contributed by atoms with Gasteiger partial charge in [-0.3, -0.25) is 4.21 Å². The molecule has 0 aromatic rings. The van der Waals surface area contributed by atoms with Gasteiger partial charge in [-0.05, 0) is 0 Å². The van der Waals surface area contributed by atoms with Crippen LogP contribution in [0.3, 0.4) is 0 Å². The minimum Gasteiger partial charge on any atom is -0.772 e. The van der Waals surface area contributed by atoms with Gasteiger partial charge in [0.05, 0.1) is 0 Å². The Bertz CT molecular complexity index is 250. The molecule has 2 N–H and O–H groups in total. The summed E-state index contributed by atoms with van der Waals surface area (Å²) >= 11 is -2.19. The van der Waals surface area contributed by atoms with Crippen LogP contribution in [0.4, 0.5) is 0 Å². The van der Waals surface area contributed by atoms with E-state index >= 15 is 0 Å². The summed E-state index contributed by atoms with van der Waals surface area (Å²) in [7, 11) is -3.06. The average molecular weight is 215 g/mol. The zero-order chi connectivity index (χ0) is 9.78. The maximum atomic E-state index is 10.6. The Morgan fingerprint density at radius 2 is 2.33 bits per heavy atom. The Morgan fingerprint density at radius 3 is 2.67 bits per heavy atom. The van der Waals surface area contributed by atoms with Crippen molar-refractivity contribution in [3.05, 3.63) is 0 Å². The standard InChI is InChI=1S/C4H12N2O4S2/c1-4(11(7)8)3-6-10-12(2,5)9/h4-6H,3H2,1-2H3,(H,7,8)/p-1. The third-order valence-corrected chi connectivity index (χ3v) is 2.18. The summed E-state index contributed by atoms with van der Waals surface area (Å²) in [6, 6.07) is 0. The second-order valence-corrected chi connectivity index (χ2v) is 5.31. The highest BCUT2D eigenvalue weighted by molar-refractivity contribution is 7.87. The molecule has 0 bridgehead atoms. The number of rotatable bonds is 5. The highest BCUT2D eigenvalue weighted by atomic mass is 32.2. The van der Waals surface area contributed by atoms with Crippen molar-refractivity contribution in [3.8, 4) is 0 Å². The predicted octanol–water partition coefficient (Wildman–Crippen LogP) is -0.633. The van der Waals surface area contributed by atoms with Crippen LogP contribution in [-0.2, 0) is 25.4 Å². The van der Waals surface area contributed by atoms with Crippen molar-refractivity contribution in [1.29, 1.82) is 4.78 Å². The molecule has 0 fully saturated rings. The Hall–Kier alpha value is -0.0200. The molecule has 0 saturated carbocycles. The molecule has 8 heteroatoms. The molecule has 0 amide bonds. The molecule has 6 nitrogen and oxygen atoms in total. The fraction of sp³-hybridized carbons (Fsp3) is 1.00. The Kier molecular flexibility index (Phi) is 4.87. The lowest BCUT2D eigenvalue weighted by atomic mass is 10.5. The summed E-state index contributed by atoms with van der Waals surface area (Å²) in [4.78, 5) is 0. The minimum absolute atomic E-state index is 0.0137. The van der Waals surface area contributed by atoms with Crippen molar-refractivity contribution in [3.63, 3.8) is 0 Å². The topological polar surface area (TPSA) is 102 Å². The van der Waals surface area contributed by atoms with E-state index in [9.17, 15) is 13.0 Å². The summed E-state index contributed by atoms with van der Waals surface area (Å²) in [6.45, 7) is 1.47. The van der Waals surface area contributed by atoms with E-state index in [1.165, 1.54) is 6.92 Å². The van der Waals surface area contributed by atoms with Crippen LogP contribution in [0.25, 0.3) is 0 Å². The highest BCUT2D eigenvalue weighted by Crippen LogP contribution is 1.90. The summed E-state index contributed by atoms with van der Waals surface area (Å²) in [5, 5.41) is -0.633. The van der Waals surface area contributed by atoms with Crippen molar-refractivity contribution in [2.75, 3.05) is 12.8 Å². The van der Waals surface area contributed by atoms with Gasteiger partial charge in [0, 0.05) is 18.1 Å². The predicted molar refractivity (Wildman–Crippen MR) is 44.3 cm³/mol. The van der Waals surface area contributed by atoms with Gasteiger partial charge in [-0.25, -0.2) is 8.99 Å². The van der Waals surface area contributed by atoms with Gasteiger partial charge in [0.15, 0.2) is 10.0 Å². The van der Waals surface area contributed by atoms with Crippen molar-refractivity contribution >= 4 is 21.1 Å². The molecule has 74 valence electrons. The van der Waals surface area contributed by atoms with E-state index in [1.54, 1.807) is 0 Å². The maximum Gasteiger partial charge on any atom is 0.173 e. The van der Waals surface area contributed by atoms with E-state index in [0.29, 0.717) is 0 Å². The van der Waals surface area contributed by atoms with Crippen LogP contribution in [0.1, 0.15) is 6.92 Å². The summed E-state index contributed by atoms with van der Waals surface area (Å²) in [5.74, 6) is 0. The largest absolute Gasteiger partial charge is 0.772 e. The van der Waals surface area contributed by atoms with E-state index in [1.807, 2.05) is 0 Å². The molecule has 0 radical (unpaired) electrons. The van der Waals surface area contributed by atoms with Crippen LogP contribution in [0.2, 0.25) is 0 Å². The van der Waals surface area contributed by atoms with Crippen molar-refractivity contribution < 1.29 is 17.3 Å². The average Bonchev–Trinajstić information content (AvgIpc) is 1.84. The second-order valence-electron chi connectivity index (χ2n) is 2.28.